The van der Waals surface area contributed by atoms with Crippen LogP contribution in [0, 0.1) is 18.8 Å². The first kappa shape index (κ1) is 41.2. The van der Waals surface area contributed by atoms with Gasteiger partial charge in [0.05, 0.1) is 17.6 Å². The molecule has 4 aliphatic heterocycles. The molecule has 61 heavy (non-hydrogen) atoms. The first-order chi connectivity index (χ1) is 29.3. The van der Waals surface area contributed by atoms with Crippen molar-refractivity contribution < 1.29 is 64.4 Å². The lowest BCUT2D eigenvalue weighted by Crippen LogP contribution is -3.01. The number of allylic oxidation sites excluding steroid dienone is 1. The monoisotopic (exact) mass is 840 g/mol. The molecule has 0 radical (unpaired) electrons. The van der Waals surface area contributed by atoms with Crippen molar-refractivity contribution >= 4 is 39.0 Å². The topological polar surface area (TPSA) is 245 Å². The minimum atomic E-state index is -2.39. The number of aryl methyl sites for hydroxylation is 1. The van der Waals surface area contributed by atoms with Crippen LogP contribution in [0.15, 0.2) is 80.7 Å². The fraction of sp³-hybridized carbons (Fsp3) is 0.444. The van der Waals surface area contributed by atoms with Crippen molar-refractivity contribution in [2.24, 2.45) is 16.8 Å². The number of phenolic OH excluding ortho intramolecular Hbond substituents is 2. The number of aliphatic hydroxyl groups is 5. The van der Waals surface area contributed by atoms with Crippen LogP contribution in [0.4, 0.5) is 5.69 Å². The maximum atomic E-state index is 13.6. The number of rotatable bonds is 12. The fourth-order valence-corrected chi connectivity index (χ4v) is 10.0. The van der Waals surface area contributed by atoms with E-state index in [-0.39, 0.29) is 41.1 Å². The Bertz CT molecular complexity index is 2550. The Morgan fingerprint density at radius 3 is 2.66 bits per heavy atom. The highest BCUT2D eigenvalue weighted by molar-refractivity contribution is 6.07. The van der Waals surface area contributed by atoms with E-state index in [1.54, 1.807) is 19.2 Å². The van der Waals surface area contributed by atoms with E-state index < -0.39 is 55.3 Å². The number of fused-ring (bicyclic) bond motifs is 4. The lowest BCUT2D eigenvalue weighted by Gasteiger charge is -2.49. The molecule has 5 heterocycles. The molecule has 0 bridgehead atoms. The van der Waals surface area contributed by atoms with Gasteiger partial charge < -0.3 is 50.2 Å². The number of phenols is 2. The van der Waals surface area contributed by atoms with Gasteiger partial charge in [-0.2, -0.15) is 0 Å². The highest BCUT2D eigenvalue weighted by Crippen LogP contribution is 2.50. The molecule has 16 heteroatoms. The van der Waals surface area contributed by atoms with Crippen LogP contribution in [-0.4, -0.2) is 109 Å². The summed E-state index contributed by atoms with van der Waals surface area (Å²) < 4.78 is 13.6. The number of aliphatic hydroxyl groups excluding tert-OH is 4. The number of hydrogen-bond donors (Lipinski definition) is 9. The number of aromatic hydroxyl groups is 2. The Balaban J connectivity index is 1.09. The summed E-state index contributed by atoms with van der Waals surface area (Å²) >= 11 is 0. The van der Waals surface area contributed by atoms with Gasteiger partial charge in [0.15, 0.2) is 11.2 Å². The molecule has 16 nitrogen and oxygen atoms in total. The number of ether oxygens (including phenoxy) is 1. The molecular weight excluding hydrogens is 791 g/mol. The van der Waals surface area contributed by atoms with Gasteiger partial charge >= 0.3 is 0 Å². The van der Waals surface area contributed by atoms with E-state index in [2.05, 4.69) is 10.3 Å². The number of quaternary nitrogens is 1. The molecule has 4 aromatic rings. The number of hydrogen-bond acceptors (Lipinski definition) is 14. The molecule has 9 rings (SSSR count). The average molecular weight is 841 g/mol. The summed E-state index contributed by atoms with van der Waals surface area (Å²) in [6.07, 6.45) is 1.68. The summed E-state index contributed by atoms with van der Waals surface area (Å²) in [5.41, 5.74) is 0.276. The third kappa shape index (κ3) is 7.50. The summed E-state index contributed by atoms with van der Waals surface area (Å²) in [5.74, 6) is 0.903. The predicted octanol–water partition coefficient (Wildman–Crippen LogP) is 1.41. The summed E-state index contributed by atoms with van der Waals surface area (Å²) in [6, 6.07) is 10.3. The first-order valence-corrected chi connectivity index (χ1v) is 20.7. The van der Waals surface area contributed by atoms with E-state index in [0.717, 1.165) is 29.0 Å². The van der Waals surface area contributed by atoms with Crippen molar-refractivity contribution in [2.75, 3.05) is 26.3 Å². The number of aliphatic imine (C=N–C) groups is 1. The van der Waals surface area contributed by atoms with Crippen LogP contribution in [0.25, 0.3) is 21.7 Å². The van der Waals surface area contributed by atoms with E-state index in [9.17, 15) is 45.3 Å². The van der Waals surface area contributed by atoms with Crippen molar-refractivity contribution in [1.82, 2.24) is 5.32 Å². The number of carbonyl (C=O) groups excluding carboxylic acids is 1. The summed E-state index contributed by atoms with van der Waals surface area (Å²) in [5, 5.41) is 79.5. The summed E-state index contributed by atoms with van der Waals surface area (Å²) in [6.45, 7) is 1.09. The molecule has 322 valence electrons. The molecule has 5 aliphatic rings. The van der Waals surface area contributed by atoms with Crippen molar-refractivity contribution in [2.45, 2.75) is 87.5 Å². The Morgan fingerprint density at radius 2 is 1.89 bits per heavy atom. The van der Waals surface area contributed by atoms with E-state index in [1.807, 2.05) is 12.3 Å². The van der Waals surface area contributed by atoms with Crippen LogP contribution < -0.4 is 20.4 Å². The van der Waals surface area contributed by atoms with E-state index in [4.69, 9.17) is 18.9 Å². The zero-order valence-electron chi connectivity index (χ0n) is 33.5. The normalized spacial score (nSPS) is 27.0. The van der Waals surface area contributed by atoms with Gasteiger partial charge in [-0.25, -0.2) is 9.78 Å². The Hall–Kier alpha value is -5.17. The van der Waals surface area contributed by atoms with Gasteiger partial charge in [0.2, 0.25) is 17.2 Å². The molecule has 1 saturated heterocycles. The lowest BCUT2D eigenvalue weighted by molar-refractivity contribution is -0.759. The van der Waals surface area contributed by atoms with Gasteiger partial charge in [-0.3, -0.25) is 19.5 Å². The van der Waals surface area contributed by atoms with Gasteiger partial charge in [0, 0.05) is 49.0 Å². The zero-order valence-corrected chi connectivity index (χ0v) is 33.5. The smallest absolute Gasteiger partial charge is 0.222 e. The second-order valence-electron chi connectivity index (χ2n) is 17.3. The summed E-state index contributed by atoms with van der Waals surface area (Å²) in [7, 11) is 0. The van der Waals surface area contributed by atoms with Crippen molar-refractivity contribution in [1.29, 1.82) is 0 Å². The van der Waals surface area contributed by atoms with E-state index in [0.29, 0.717) is 82.4 Å². The van der Waals surface area contributed by atoms with Crippen molar-refractivity contribution in [3.05, 3.63) is 93.6 Å². The molecule has 1 aliphatic carbocycles. The van der Waals surface area contributed by atoms with Gasteiger partial charge in [0.25, 0.3) is 0 Å². The minimum Gasteiger partial charge on any atom is -0.508 e. The van der Waals surface area contributed by atoms with Crippen LogP contribution >= 0.6 is 0 Å². The highest BCUT2D eigenvalue weighted by Gasteiger charge is 2.54. The predicted molar refractivity (Wildman–Crippen MR) is 219 cm³/mol. The molecule has 1 spiro atoms. The second kappa shape index (κ2) is 15.9. The van der Waals surface area contributed by atoms with Crippen LogP contribution in [0.1, 0.15) is 49.0 Å². The van der Waals surface area contributed by atoms with Gasteiger partial charge in [-0.1, -0.05) is 6.07 Å². The maximum Gasteiger partial charge on any atom is 0.222 e. The summed E-state index contributed by atoms with van der Waals surface area (Å²) in [4.78, 5) is 43.7. The molecule has 1 aromatic heterocycles. The van der Waals surface area contributed by atoms with E-state index in [1.165, 1.54) is 36.4 Å². The lowest BCUT2D eigenvalue weighted by atomic mass is 9.68. The van der Waals surface area contributed by atoms with Gasteiger partial charge in [-0.05, 0) is 91.8 Å². The third-order valence-electron chi connectivity index (χ3n) is 13.3. The minimum absolute atomic E-state index is 0.00836. The Kier molecular flexibility index (Phi) is 10.8. The Morgan fingerprint density at radius 1 is 1.05 bits per heavy atom. The number of nitrogens with zero attached hydrogens (tertiary/aromatic N) is 1. The third-order valence-corrected chi connectivity index (χ3v) is 13.3. The van der Waals surface area contributed by atoms with E-state index >= 15 is 0 Å². The maximum absolute atomic E-state index is 13.6. The molecule has 1 amide bonds. The zero-order chi connectivity index (χ0) is 42.8. The molecule has 9 N–H and O–H groups in total. The van der Waals surface area contributed by atoms with Crippen LogP contribution in [0.3, 0.4) is 0 Å². The second-order valence-corrected chi connectivity index (χ2v) is 17.3. The quantitative estimate of drug-likeness (QED) is 0.0725. The SMILES string of the molecule is Cc1cc(=O)c2cc3c(c([NH+]4C=C5C=CN=C5C4)c2o1)O[C@]1(CCC[C@@H]([C@H]2CNC(=O)C2)C1)[C@H](OOC[C@@](O)(Cc1ccc(O)c2ccc(O)cc12)[C@@H](O)[C@H](O)[C@H](O)CO)C3. The molecule has 2 fully saturated rings. The van der Waals surface area contributed by atoms with Gasteiger partial charge in [0.1, 0.15) is 77.9 Å². The number of nitrogens with one attached hydrogen (secondary N) is 2. The molecule has 1 saturated carbocycles. The molecule has 9 atom stereocenters. The Labute approximate surface area is 349 Å². The first-order valence-electron chi connectivity index (χ1n) is 20.7. The number of amides is 1. The highest BCUT2D eigenvalue weighted by atomic mass is 17.2. The van der Waals surface area contributed by atoms with Crippen LogP contribution in [-0.2, 0) is 27.4 Å². The van der Waals surface area contributed by atoms with Crippen molar-refractivity contribution in [3.63, 3.8) is 0 Å². The number of benzene rings is 3. The molecular formula is C45H50N3O13+. The average Bonchev–Trinajstić information content (AvgIpc) is 3.98. The molecule has 3 aromatic carbocycles. The standard InChI is InChI=1S/C45H49N3O13/c1-23-11-35(52)32-12-27-13-37(61-58-22-44(57,43(56)40(55)36(53)21-49)16-25-4-7-34(51)30-6-5-29(50)15-31(25)30)45(9-2-3-24(17-45)28-14-38(54)47-18-28)60-41(27)39(42(32)59-23)48-19-26-8-10-46-33(26)20-48/h4-8,10-12,15,19,24,28,36-37,40,43,49-51,53,55-57H,2-3,9,13-14,16-18,20-22H2,1H3,(H,47,54)/p+1/t24-,28-,36-,37-,40-,43+,44+,45+/m1/s1. The largest absolute Gasteiger partial charge is 0.508 e. The van der Waals surface area contributed by atoms with Gasteiger partial charge in [-0.15, -0.1) is 0 Å². The van der Waals surface area contributed by atoms with Crippen molar-refractivity contribution in [3.8, 4) is 17.2 Å². The fourth-order valence-electron chi connectivity index (χ4n) is 10.0. The van der Waals surface area contributed by atoms with Crippen LogP contribution in [0.2, 0.25) is 0 Å². The number of carbonyl (C=O) groups is 1. The molecule has 1 unspecified atom stereocenters. The van der Waals surface area contributed by atoms with Crippen LogP contribution in [0.5, 0.6) is 17.2 Å².